The van der Waals surface area contributed by atoms with Crippen LogP contribution in [0.25, 0.3) is 4.96 Å². The Bertz CT molecular complexity index is 592. The molecule has 88 valence electrons. The summed E-state index contributed by atoms with van der Waals surface area (Å²) in [6, 6.07) is 1.71. The van der Waals surface area contributed by atoms with E-state index in [1.54, 1.807) is 6.08 Å². The first kappa shape index (κ1) is 12.1. The summed E-state index contributed by atoms with van der Waals surface area (Å²) < 4.78 is 1.91. The lowest BCUT2D eigenvalue weighted by Crippen LogP contribution is -2.21. The molecule has 1 unspecified atom stereocenters. The lowest BCUT2D eigenvalue weighted by Gasteiger charge is -2.10. The minimum Gasteiger partial charge on any atom is -0.293 e. The van der Waals surface area contributed by atoms with Gasteiger partial charge in [0.15, 0.2) is 10.1 Å². The van der Waals surface area contributed by atoms with E-state index in [9.17, 15) is 5.26 Å². The summed E-state index contributed by atoms with van der Waals surface area (Å²) in [4.78, 5) is 5.05. The predicted molar refractivity (Wildman–Crippen MR) is 69.4 cm³/mol. The zero-order chi connectivity index (χ0) is 12.4. The van der Waals surface area contributed by atoms with Gasteiger partial charge in [-0.25, -0.2) is 4.98 Å². The van der Waals surface area contributed by atoms with E-state index in [2.05, 4.69) is 22.9 Å². The van der Waals surface area contributed by atoms with Crippen molar-refractivity contribution in [3.63, 3.8) is 0 Å². The number of imidazole rings is 1. The molecule has 0 aliphatic rings. The van der Waals surface area contributed by atoms with Crippen LogP contribution in [0.2, 0.25) is 5.15 Å². The van der Waals surface area contributed by atoms with Crippen LogP contribution >= 0.6 is 22.9 Å². The second kappa shape index (κ2) is 4.88. The van der Waals surface area contributed by atoms with Crippen LogP contribution in [-0.2, 0) is 0 Å². The van der Waals surface area contributed by atoms with Crippen LogP contribution in [-0.4, -0.2) is 15.9 Å². The SMILES string of the molecule is C=CCNC(C#N)c1c(Cl)nc2scc(C)n12. The summed E-state index contributed by atoms with van der Waals surface area (Å²) in [5, 5.41) is 14.6. The highest BCUT2D eigenvalue weighted by atomic mass is 35.5. The molecule has 2 aromatic heterocycles. The van der Waals surface area contributed by atoms with Crippen LogP contribution in [0.15, 0.2) is 18.0 Å². The van der Waals surface area contributed by atoms with Gasteiger partial charge < -0.3 is 0 Å². The summed E-state index contributed by atoms with van der Waals surface area (Å²) in [6.45, 7) is 6.13. The Labute approximate surface area is 108 Å². The second-order valence-electron chi connectivity index (χ2n) is 3.54. The average Bonchev–Trinajstić information content (AvgIpc) is 2.81. The molecule has 4 nitrogen and oxygen atoms in total. The molecule has 2 heterocycles. The van der Waals surface area contributed by atoms with E-state index >= 15 is 0 Å². The summed E-state index contributed by atoms with van der Waals surface area (Å²) in [5.41, 5.74) is 1.73. The molecule has 0 aromatic carbocycles. The van der Waals surface area contributed by atoms with E-state index in [0.29, 0.717) is 17.4 Å². The van der Waals surface area contributed by atoms with Crippen molar-refractivity contribution in [2.45, 2.75) is 13.0 Å². The second-order valence-corrected chi connectivity index (χ2v) is 4.74. The Morgan fingerprint density at radius 1 is 1.82 bits per heavy atom. The molecule has 17 heavy (non-hydrogen) atoms. The average molecular weight is 267 g/mol. The molecule has 1 N–H and O–H groups in total. The first-order valence-corrected chi connectivity index (χ1v) is 6.30. The van der Waals surface area contributed by atoms with Crippen molar-refractivity contribution < 1.29 is 0 Å². The standard InChI is InChI=1S/C11H11ClN4S/c1-3-4-14-8(5-13)9-10(12)15-11-16(9)7(2)6-17-11/h3,6,8,14H,1,4H2,2H3. The molecule has 0 saturated heterocycles. The van der Waals surface area contributed by atoms with Gasteiger partial charge >= 0.3 is 0 Å². The van der Waals surface area contributed by atoms with E-state index in [4.69, 9.17) is 11.6 Å². The van der Waals surface area contributed by atoms with Gasteiger partial charge in [-0.15, -0.1) is 17.9 Å². The Morgan fingerprint density at radius 3 is 3.24 bits per heavy atom. The van der Waals surface area contributed by atoms with Crippen molar-refractivity contribution in [2.75, 3.05) is 6.54 Å². The maximum atomic E-state index is 9.19. The smallest absolute Gasteiger partial charge is 0.195 e. The van der Waals surface area contributed by atoms with Crippen molar-refractivity contribution in [1.82, 2.24) is 14.7 Å². The molecule has 0 amide bonds. The lowest BCUT2D eigenvalue weighted by molar-refractivity contribution is 0.659. The van der Waals surface area contributed by atoms with E-state index in [1.165, 1.54) is 11.3 Å². The minimum atomic E-state index is -0.483. The van der Waals surface area contributed by atoms with E-state index in [-0.39, 0.29) is 0 Å². The summed E-state index contributed by atoms with van der Waals surface area (Å²) in [6.07, 6.45) is 1.71. The number of nitrogens with zero attached hydrogens (tertiary/aromatic N) is 3. The van der Waals surface area contributed by atoms with Gasteiger partial charge in [0.05, 0.1) is 11.8 Å². The monoisotopic (exact) mass is 266 g/mol. The highest BCUT2D eigenvalue weighted by Gasteiger charge is 2.21. The zero-order valence-electron chi connectivity index (χ0n) is 9.27. The van der Waals surface area contributed by atoms with Gasteiger partial charge in [-0.05, 0) is 6.92 Å². The van der Waals surface area contributed by atoms with Gasteiger partial charge in [0.2, 0.25) is 0 Å². The number of thiazole rings is 1. The van der Waals surface area contributed by atoms with E-state index in [1.807, 2.05) is 16.7 Å². The molecule has 1 atom stereocenters. The Hall–Kier alpha value is -1.35. The maximum Gasteiger partial charge on any atom is 0.195 e. The fourth-order valence-corrected chi connectivity index (χ4v) is 2.85. The van der Waals surface area contributed by atoms with Crippen LogP contribution in [0, 0.1) is 18.3 Å². The first-order chi connectivity index (χ1) is 8.19. The van der Waals surface area contributed by atoms with Gasteiger partial charge in [-0.3, -0.25) is 9.72 Å². The number of hydrogen-bond donors (Lipinski definition) is 1. The van der Waals surface area contributed by atoms with Crippen LogP contribution < -0.4 is 5.32 Å². The first-order valence-electron chi connectivity index (χ1n) is 5.05. The molecule has 2 rings (SSSR count). The van der Waals surface area contributed by atoms with Crippen molar-refractivity contribution in [3.05, 3.63) is 34.6 Å². The molecular formula is C11H11ClN4S. The number of nitriles is 1. The van der Waals surface area contributed by atoms with Crippen LogP contribution in [0.1, 0.15) is 17.4 Å². The number of hydrogen-bond acceptors (Lipinski definition) is 4. The number of nitrogens with one attached hydrogen (secondary N) is 1. The molecule has 6 heteroatoms. The van der Waals surface area contributed by atoms with E-state index < -0.39 is 6.04 Å². The lowest BCUT2D eigenvalue weighted by atomic mass is 10.2. The molecule has 0 spiro atoms. The van der Waals surface area contributed by atoms with Crippen molar-refractivity contribution in [1.29, 1.82) is 5.26 Å². The number of fused-ring (bicyclic) bond motifs is 1. The molecule has 0 saturated carbocycles. The minimum absolute atomic E-state index is 0.378. The molecule has 0 aliphatic heterocycles. The van der Waals surface area contributed by atoms with Crippen LogP contribution in [0.4, 0.5) is 0 Å². The third-order valence-electron chi connectivity index (χ3n) is 2.39. The summed E-state index contributed by atoms with van der Waals surface area (Å²) in [5.74, 6) is 0. The quantitative estimate of drug-likeness (QED) is 0.866. The van der Waals surface area contributed by atoms with Crippen molar-refractivity contribution in [3.8, 4) is 6.07 Å². The van der Waals surface area contributed by atoms with Gasteiger partial charge in [-0.1, -0.05) is 17.7 Å². The number of rotatable bonds is 4. The van der Waals surface area contributed by atoms with Crippen LogP contribution in [0.5, 0.6) is 0 Å². The number of aromatic nitrogens is 2. The van der Waals surface area contributed by atoms with Crippen molar-refractivity contribution in [2.24, 2.45) is 0 Å². The Kier molecular flexibility index (Phi) is 3.48. The van der Waals surface area contributed by atoms with Crippen molar-refractivity contribution >= 4 is 27.9 Å². The van der Waals surface area contributed by atoms with E-state index in [0.717, 1.165) is 10.7 Å². The Morgan fingerprint density at radius 2 is 2.59 bits per heavy atom. The number of halogens is 1. The molecule has 0 aliphatic carbocycles. The molecule has 0 bridgehead atoms. The largest absolute Gasteiger partial charge is 0.293 e. The zero-order valence-corrected chi connectivity index (χ0v) is 10.8. The summed E-state index contributed by atoms with van der Waals surface area (Å²) in [7, 11) is 0. The fourth-order valence-electron chi connectivity index (χ4n) is 1.65. The highest BCUT2D eigenvalue weighted by Crippen LogP contribution is 2.28. The van der Waals surface area contributed by atoms with Gasteiger partial charge in [0, 0.05) is 17.6 Å². The van der Waals surface area contributed by atoms with Gasteiger partial charge in [0.1, 0.15) is 6.04 Å². The third-order valence-corrected chi connectivity index (χ3v) is 3.62. The normalized spacial score (nSPS) is 12.5. The topological polar surface area (TPSA) is 53.1 Å². The molecule has 0 radical (unpaired) electrons. The van der Waals surface area contributed by atoms with Gasteiger partial charge in [-0.2, -0.15) is 5.26 Å². The van der Waals surface area contributed by atoms with Gasteiger partial charge in [0.25, 0.3) is 0 Å². The molecule has 2 aromatic rings. The number of aryl methyl sites for hydroxylation is 1. The fraction of sp³-hybridized carbons (Fsp3) is 0.273. The highest BCUT2D eigenvalue weighted by molar-refractivity contribution is 7.15. The molecule has 0 fully saturated rings. The third kappa shape index (κ3) is 2.07. The molecular weight excluding hydrogens is 256 g/mol. The van der Waals surface area contributed by atoms with Crippen LogP contribution in [0.3, 0.4) is 0 Å². The Balaban J connectivity index is 2.51. The maximum absolute atomic E-state index is 9.19. The predicted octanol–water partition coefficient (Wildman–Crippen LogP) is 2.70. The summed E-state index contributed by atoms with van der Waals surface area (Å²) >= 11 is 7.60.